The summed E-state index contributed by atoms with van der Waals surface area (Å²) in [4.78, 5) is 7.19. The molecular formula is C23H27N3O3. The van der Waals surface area contributed by atoms with Crippen molar-refractivity contribution in [2.24, 2.45) is 0 Å². The van der Waals surface area contributed by atoms with Crippen LogP contribution < -0.4 is 19.5 Å². The van der Waals surface area contributed by atoms with Gasteiger partial charge in [-0.15, -0.1) is 0 Å². The molecule has 4 rings (SSSR count). The van der Waals surface area contributed by atoms with Crippen molar-refractivity contribution >= 4 is 10.9 Å². The number of para-hydroxylation sites is 1. The van der Waals surface area contributed by atoms with Gasteiger partial charge >= 0.3 is 0 Å². The number of hydrogen-bond donors (Lipinski definition) is 1. The maximum atomic E-state index is 5.61. The van der Waals surface area contributed by atoms with E-state index < -0.39 is 0 Å². The molecule has 1 aliphatic heterocycles. The maximum absolute atomic E-state index is 5.61. The van der Waals surface area contributed by atoms with Gasteiger partial charge in [0.15, 0.2) is 11.5 Å². The number of piperazine rings is 1. The first-order valence-corrected chi connectivity index (χ1v) is 9.84. The van der Waals surface area contributed by atoms with E-state index in [-0.39, 0.29) is 6.04 Å². The molecule has 1 fully saturated rings. The lowest BCUT2D eigenvalue weighted by molar-refractivity contribution is 0.197. The van der Waals surface area contributed by atoms with E-state index in [1.807, 2.05) is 36.5 Å². The number of ether oxygens (including phenoxy) is 3. The van der Waals surface area contributed by atoms with E-state index in [9.17, 15) is 0 Å². The van der Waals surface area contributed by atoms with Crippen molar-refractivity contribution < 1.29 is 14.2 Å². The summed E-state index contributed by atoms with van der Waals surface area (Å²) in [5.41, 5.74) is 3.25. The molecule has 1 saturated heterocycles. The number of rotatable bonds is 6. The second-order valence-electron chi connectivity index (χ2n) is 7.11. The van der Waals surface area contributed by atoms with Crippen LogP contribution in [0.25, 0.3) is 10.9 Å². The number of methoxy groups -OCH3 is 3. The van der Waals surface area contributed by atoms with Crippen molar-refractivity contribution in [3.63, 3.8) is 0 Å². The zero-order chi connectivity index (χ0) is 20.2. The van der Waals surface area contributed by atoms with Gasteiger partial charge in [0.25, 0.3) is 0 Å². The normalized spacial score (nSPS) is 15.8. The number of benzene rings is 2. The number of fused-ring (bicyclic) bond motifs is 1. The SMILES string of the molecule is COc1cc(C(c2cnc3ccccc3c2)N2CCNCC2)cc(OC)c1OC. The average Bonchev–Trinajstić information content (AvgIpc) is 2.79. The van der Waals surface area contributed by atoms with Gasteiger partial charge in [0.2, 0.25) is 5.75 Å². The second-order valence-corrected chi connectivity index (χ2v) is 7.11. The third-order valence-corrected chi connectivity index (χ3v) is 5.45. The highest BCUT2D eigenvalue weighted by atomic mass is 16.5. The maximum Gasteiger partial charge on any atom is 0.203 e. The summed E-state index contributed by atoms with van der Waals surface area (Å²) < 4.78 is 16.7. The topological polar surface area (TPSA) is 55.9 Å². The molecule has 1 N–H and O–H groups in total. The molecule has 29 heavy (non-hydrogen) atoms. The molecular weight excluding hydrogens is 366 g/mol. The zero-order valence-electron chi connectivity index (χ0n) is 17.1. The Bertz CT molecular complexity index is 961. The van der Waals surface area contributed by atoms with E-state index in [1.165, 1.54) is 0 Å². The summed E-state index contributed by atoms with van der Waals surface area (Å²) in [7, 11) is 4.93. The third-order valence-electron chi connectivity index (χ3n) is 5.45. The highest BCUT2D eigenvalue weighted by Gasteiger charge is 2.27. The Morgan fingerprint density at radius 2 is 1.59 bits per heavy atom. The summed E-state index contributed by atoms with van der Waals surface area (Å²) in [6.45, 7) is 3.83. The third kappa shape index (κ3) is 3.86. The predicted octanol–water partition coefficient (Wildman–Crippen LogP) is 3.26. The highest BCUT2D eigenvalue weighted by molar-refractivity contribution is 5.79. The van der Waals surface area contributed by atoms with Crippen LogP contribution >= 0.6 is 0 Å². The molecule has 0 aliphatic carbocycles. The molecule has 1 aliphatic rings. The van der Waals surface area contributed by atoms with Crippen molar-refractivity contribution in [3.05, 3.63) is 59.8 Å². The van der Waals surface area contributed by atoms with E-state index in [2.05, 4.69) is 22.3 Å². The van der Waals surface area contributed by atoms with E-state index in [1.54, 1.807) is 21.3 Å². The van der Waals surface area contributed by atoms with Crippen LogP contribution in [-0.4, -0.2) is 57.4 Å². The first-order chi connectivity index (χ1) is 14.2. The lowest BCUT2D eigenvalue weighted by atomic mass is 9.95. The van der Waals surface area contributed by atoms with E-state index in [0.717, 1.165) is 48.2 Å². The molecule has 1 unspecified atom stereocenters. The van der Waals surface area contributed by atoms with E-state index >= 15 is 0 Å². The summed E-state index contributed by atoms with van der Waals surface area (Å²) in [6.07, 6.45) is 1.98. The summed E-state index contributed by atoms with van der Waals surface area (Å²) in [6, 6.07) is 14.6. The second kappa shape index (κ2) is 8.68. The van der Waals surface area contributed by atoms with Gasteiger partial charge in [-0.2, -0.15) is 0 Å². The molecule has 0 spiro atoms. The zero-order valence-corrected chi connectivity index (χ0v) is 17.1. The first kappa shape index (κ1) is 19.5. The fourth-order valence-electron chi connectivity index (χ4n) is 4.05. The molecule has 0 saturated carbocycles. The Kier molecular flexibility index (Phi) is 5.83. The van der Waals surface area contributed by atoms with Crippen LogP contribution in [0.15, 0.2) is 48.7 Å². The van der Waals surface area contributed by atoms with Crippen LogP contribution in [0.5, 0.6) is 17.2 Å². The molecule has 2 aromatic carbocycles. The number of hydrogen-bond acceptors (Lipinski definition) is 6. The summed E-state index contributed by atoms with van der Waals surface area (Å²) >= 11 is 0. The minimum absolute atomic E-state index is 0.0444. The monoisotopic (exact) mass is 393 g/mol. The molecule has 6 nitrogen and oxygen atoms in total. The predicted molar refractivity (Wildman–Crippen MR) is 114 cm³/mol. The van der Waals surface area contributed by atoms with Crippen LogP contribution in [0.4, 0.5) is 0 Å². The van der Waals surface area contributed by atoms with Crippen molar-refractivity contribution in [2.45, 2.75) is 6.04 Å². The fraction of sp³-hybridized carbons (Fsp3) is 0.348. The molecule has 0 radical (unpaired) electrons. The Morgan fingerprint density at radius 3 is 2.24 bits per heavy atom. The Labute approximate surface area is 171 Å². The number of nitrogens with one attached hydrogen (secondary N) is 1. The molecule has 6 heteroatoms. The van der Waals surface area contributed by atoms with E-state index in [4.69, 9.17) is 19.2 Å². The van der Waals surface area contributed by atoms with Gasteiger partial charge in [-0.1, -0.05) is 18.2 Å². The number of pyridine rings is 1. The molecule has 3 aromatic rings. The van der Waals surface area contributed by atoms with Crippen molar-refractivity contribution in [1.82, 2.24) is 15.2 Å². The quantitative estimate of drug-likeness (QED) is 0.694. The van der Waals surface area contributed by atoms with Crippen molar-refractivity contribution in [3.8, 4) is 17.2 Å². The number of aromatic nitrogens is 1. The largest absolute Gasteiger partial charge is 0.493 e. The summed E-state index contributed by atoms with van der Waals surface area (Å²) in [5.74, 6) is 1.93. The Balaban J connectivity index is 1.86. The van der Waals surface area contributed by atoms with Gasteiger partial charge in [-0.05, 0) is 35.4 Å². The fourth-order valence-corrected chi connectivity index (χ4v) is 4.05. The minimum Gasteiger partial charge on any atom is -0.493 e. The van der Waals surface area contributed by atoms with Gasteiger partial charge in [-0.25, -0.2) is 0 Å². The Hall–Kier alpha value is -2.83. The average molecular weight is 393 g/mol. The van der Waals surface area contributed by atoms with Gasteiger partial charge in [-0.3, -0.25) is 9.88 Å². The van der Waals surface area contributed by atoms with Crippen molar-refractivity contribution in [1.29, 1.82) is 0 Å². The summed E-state index contributed by atoms with van der Waals surface area (Å²) in [5, 5.41) is 4.58. The van der Waals surface area contributed by atoms with Crippen molar-refractivity contribution in [2.75, 3.05) is 47.5 Å². The molecule has 1 aromatic heterocycles. The molecule has 1 atom stereocenters. The van der Waals surface area contributed by atoms with Crippen LogP contribution in [0.2, 0.25) is 0 Å². The number of nitrogens with zero attached hydrogens (tertiary/aromatic N) is 2. The van der Waals surface area contributed by atoms with Crippen LogP contribution in [-0.2, 0) is 0 Å². The lowest BCUT2D eigenvalue weighted by Crippen LogP contribution is -2.45. The molecule has 0 bridgehead atoms. The van der Waals surface area contributed by atoms with Crippen LogP contribution in [0, 0.1) is 0 Å². The minimum atomic E-state index is 0.0444. The lowest BCUT2D eigenvalue weighted by Gasteiger charge is -2.36. The van der Waals surface area contributed by atoms with Gasteiger partial charge < -0.3 is 19.5 Å². The smallest absolute Gasteiger partial charge is 0.203 e. The van der Waals surface area contributed by atoms with Crippen LogP contribution in [0.1, 0.15) is 17.2 Å². The molecule has 0 amide bonds. The highest BCUT2D eigenvalue weighted by Crippen LogP contribution is 2.42. The standard InChI is InChI=1S/C23H27N3O3/c1-27-20-13-17(14-21(28-2)23(20)29-3)22(26-10-8-24-9-11-26)18-12-16-6-4-5-7-19(16)25-15-18/h4-7,12-15,22,24H,8-11H2,1-3H3. The van der Waals surface area contributed by atoms with Gasteiger partial charge in [0, 0.05) is 37.8 Å². The van der Waals surface area contributed by atoms with Gasteiger partial charge in [0.05, 0.1) is 32.9 Å². The first-order valence-electron chi connectivity index (χ1n) is 9.84. The molecule has 2 heterocycles. The Morgan fingerprint density at radius 1 is 0.897 bits per heavy atom. The van der Waals surface area contributed by atoms with Gasteiger partial charge in [0.1, 0.15) is 0 Å². The molecule has 152 valence electrons. The van der Waals surface area contributed by atoms with E-state index in [0.29, 0.717) is 17.2 Å². The van der Waals surface area contributed by atoms with Crippen LogP contribution in [0.3, 0.4) is 0 Å².